The molecular weight excluding hydrogens is 416 g/mol. The molecule has 1 aliphatic heterocycles. The van der Waals surface area contributed by atoms with Gasteiger partial charge in [-0.15, -0.1) is 6.42 Å². The molecule has 1 aliphatic rings. The zero-order valence-corrected chi connectivity index (χ0v) is 19.0. The fourth-order valence-corrected chi connectivity index (χ4v) is 3.11. The van der Waals surface area contributed by atoms with E-state index in [1.54, 1.807) is 19.1 Å². The minimum atomic E-state index is -1.78. The maximum Gasteiger partial charge on any atom is 0.224 e. The fourth-order valence-electron chi connectivity index (χ4n) is 3.11. The molecule has 2 unspecified atom stereocenters. The second-order valence-electron chi connectivity index (χ2n) is 7.77. The van der Waals surface area contributed by atoms with Crippen LogP contribution >= 0.6 is 0 Å². The first-order valence-electron chi connectivity index (χ1n) is 10.8. The molecule has 0 saturated carbocycles. The molecule has 1 aromatic rings. The van der Waals surface area contributed by atoms with Gasteiger partial charge in [0.2, 0.25) is 11.7 Å². The van der Waals surface area contributed by atoms with Gasteiger partial charge in [-0.05, 0) is 38.8 Å². The third kappa shape index (κ3) is 7.97. The van der Waals surface area contributed by atoms with E-state index in [4.69, 9.17) is 25.4 Å². The van der Waals surface area contributed by atoms with E-state index in [2.05, 4.69) is 16.6 Å². The Morgan fingerprint density at radius 3 is 2.72 bits per heavy atom. The number of amides is 1. The number of rotatable bonds is 14. The second-order valence-corrected chi connectivity index (χ2v) is 7.77. The van der Waals surface area contributed by atoms with Gasteiger partial charge in [0.1, 0.15) is 24.7 Å². The maximum atomic E-state index is 11.9. The lowest BCUT2D eigenvalue weighted by molar-refractivity contribution is -0.285. The van der Waals surface area contributed by atoms with Crippen molar-refractivity contribution in [3.05, 3.63) is 17.7 Å². The average Bonchev–Trinajstić information content (AvgIpc) is 2.76. The summed E-state index contributed by atoms with van der Waals surface area (Å²) in [4.78, 5) is 11.9. The van der Waals surface area contributed by atoms with E-state index in [-0.39, 0.29) is 31.8 Å². The van der Waals surface area contributed by atoms with E-state index in [0.717, 1.165) is 5.56 Å². The van der Waals surface area contributed by atoms with Crippen LogP contribution in [0.25, 0.3) is 0 Å². The molecule has 4 N–H and O–H groups in total. The zero-order chi connectivity index (χ0) is 23.6. The molecule has 9 heteroatoms. The van der Waals surface area contributed by atoms with Crippen LogP contribution in [-0.2, 0) is 20.7 Å². The van der Waals surface area contributed by atoms with Crippen molar-refractivity contribution in [1.82, 2.24) is 5.32 Å². The standard InChI is InChI=1S/C23H34N2O7/c1-5-12-30-19-9-8-18(17-7-10-20(26)25-22(17)19)31-15-23(28,32-21(27)6-2)14-24-11-13-29-16(3)4/h1,8-9,16,21,24,27-28H,6-7,10-15H2,2-4H3,(H,25,26). The Morgan fingerprint density at radius 1 is 1.28 bits per heavy atom. The summed E-state index contributed by atoms with van der Waals surface area (Å²) in [7, 11) is 0. The lowest BCUT2D eigenvalue weighted by Crippen LogP contribution is -2.50. The molecule has 2 rings (SSSR count). The van der Waals surface area contributed by atoms with Gasteiger partial charge in [-0.25, -0.2) is 0 Å². The highest BCUT2D eigenvalue weighted by atomic mass is 16.7. The van der Waals surface area contributed by atoms with Crippen LogP contribution in [0.1, 0.15) is 39.2 Å². The Morgan fingerprint density at radius 2 is 2.03 bits per heavy atom. The molecule has 0 bridgehead atoms. The molecule has 178 valence electrons. The van der Waals surface area contributed by atoms with Crippen molar-refractivity contribution in [2.45, 2.75) is 58.2 Å². The maximum absolute atomic E-state index is 11.9. The summed E-state index contributed by atoms with van der Waals surface area (Å²) < 4.78 is 22.3. The van der Waals surface area contributed by atoms with Crippen LogP contribution in [0.5, 0.6) is 11.5 Å². The van der Waals surface area contributed by atoms with Crippen molar-refractivity contribution in [3.8, 4) is 23.8 Å². The smallest absolute Gasteiger partial charge is 0.224 e. The first-order valence-corrected chi connectivity index (χ1v) is 10.8. The fraction of sp³-hybridized carbons (Fsp3) is 0.609. The normalized spacial score (nSPS) is 16.0. The van der Waals surface area contributed by atoms with Gasteiger partial charge < -0.3 is 39.8 Å². The molecule has 1 heterocycles. The number of fused-ring (bicyclic) bond motifs is 1. The van der Waals surface area contributed by atoms with E-state index in [0.29, 0.717) is 49.6 Å². The van der Waals surface area contributed by atoms with Crippen LogP contribution in [0.4, 0.5) is 5.69 Å². The van der Waals surface area contributed by atoms with Crippen LogP contribution < -0.4 is 20.1 Å². The Bertz CT molecular complexity index is 793. The molecule has 0 fully saturated rings. The topological polar surface area (TPSA) is 119 Å². The lowest BCUT2D eigenvalue weighted by Gasteiger charge is -2.31. The third-order valence-electron chi connectivity index (χ3n) is 4.70. The van der Waals surface area contributed by atoms with Crippen LogP contribution in [0, 0.1) is 12.3 Å². The lowest BCUT2D eigenvalue weighted by atomic mass is 10.0. The first kappa shape index (κ1) is 25.9. The number of carbonyl (C=O) groups excluding carboxylic acids is 1. The second kappa shape index (κ2) is 12.6. The average molecular weight is 451 g/mol. The van der Waals surface area contributed by atoms with Crippen LogP contribution in [-0.4, -0.2) is 67.2 Å². The Balaban J connectivity index is 2.11. The number of aliphatic hydroxyl groups excluding tert-OH is 1. The summed E-state index contributed by atoms with van der Waals surface area (Å²) >= 11 is 0. The minimum Gasteiger partial charge on any atom is -0.488 e. The number of hydrogen-bond acceptors (Lipinski definition) is 8. The first-order chi connectivity index (χ1) is 15.3. The molecule has 1 amide bonds. The van der Waals surface area contributed by atoms with Crippen molar-refractivity contribution >= 4 is 11.6 Å². The Kier molecular flexibility index (Phi) is 10.2. The zero-order valence-electron chi connectivity index (χ0n) is 19.0. The van der Waals surface area contributed by atoms with Gasteiger partial charge in [0.15, 0.2) is 6.29 Å². The molecule has 9 nitrogen and oxygen atoms in total. The summed E-state index contributed by atoms with van der Waals surface area (Å²) in [5.74, 6) is 1.42. The van der Waals surface area contributed by atoms with Crippen molar-refractivity contribution in [2.75, 3.05) is 38.2 Å². The van der Waals surface area contributed by atoms with Crippen molar-refractivity contribution in [1.29, 1.82) is 0 Å². The van der Waals surface area contributed by atoms with Gasteiger partial charge >= 0.3 is 0 Å². The van der Waals surface area contributed by atoms with E-state index < -0.39 is 12.1 Å². The molecule has 0 spiro atoms. The summed E-state index contributed by atoms with van der Waals surface area (Å²) in [5.41, 5.74) is 1.26. The highest BCUT2D eigenvalue weighted by molar-refractivity contribution is 5.96. The number of benzene rings is 1. The molecule has 0 saturated heterocycles. The number of ether oxygens (including phenoxy) is 4. The summed E-state index contributed by atoms with van der Waals surface area (Å²) in [6.07, 6.45) is 5.28. The molecule has 0 aromatic heterocycles. The quantitative estimate of drug-likeness (QED) is 0.191. The highest BCUT2D eigenvalue weighted by Gasteiger charge is 2.32. The highest BCUT2D eigenvalue weighted by Crippen LogP contribution is 2.39. The van der Waals surface area contributed by atoms with Gasteiger partial charge in [0.05, 0.1) is 24.9 Å². The van der Waals surface area contributed by atoms with Gasteiger partial charge in [0, 0.05) is 18.5 Å². The minimum absolute atomic E-state index is 0.0216. The van der Waals surface area contributed by atoms with E-state index in [1.807, 2.05) is 13.8 Å². The number of carbonyl (C=O) groups is 1. The molecule has 32 heavy (non-hydrogen) atoms. The predicted molar refractivity (Wildman–Crippen MR) is 120 cm³/mol. The van der Waals surface area contributed by atoms with E-state index >= 15 is 0 Å². The SMILES string of the molecule is C#CCOc1ccc(OCC(O)(CNCCOC(C)C)OC(O)CC)c2c1NC(=O)CC2. The van der Waals surface area contributed by atoms with Gasteiger partial charge in [-0.2, -0.15) is 0 Å². The van der Waals surface area contributed by atoms with E-state index in [1.165, 1.54) is 0 Å². The van der Waals surface area contributed by atoms with Crippen molar-refractivity contribution in [2.24, 2.45) is 0 Å². The number of aliphatic hydroxyl groups is 2. The molecule has 0 aliphatic carbocycles. The summed E-state index contributed by atoms with van der Waals surface area (Å²) in [5, 5.41) is 26.8. The van der Waals surface area contributed by atoms with Crippen LogP contribution in [0.3, 0.4) is 0 Å². The molecule has 2 atom stereocenters. The van der Waals surface area contributed by atoms with Crippen LogP contribution in [0.2, 0.25) is 0 Å². The number of nitrogens with one attached hydrogen (secondary N) is 2. The summed E-state index contributed by atoms with van der Waals surface area (Å²) in [6, 6.07) is 3.35. The van der Waals surface area contributed by atoms with Crippen LogP contribution in [0.15, 0.2) is 12.1 Å². The number of hydrogen-bond donors (Lipinski definition) is 4. The molecule has 1 aromatic carbocycles. The van der Waals surface area contributed by atoms with E-state index in [9.17, 15) is 15.0 Å². The Labute approximate surface area is 189 Å². The van der Waals surface area contributed by atoms with Crippen molar-refractivity contribution in [3.63, 3.8) is 0 Å². The largest absolute Gasteiger partial charge is 0.488 e. The van der Waals surface area contributed by atoms with Gasteiger partial charge in [0.25, 0.3) is 0 Å². The summed E-state index contributed by atoms with van der Waals surface area (Å²) in [6.45, 7) is 6.43. The monoisotopic (exact) mass is 450 g/mol. The molecule has 0 radical (unpaired) electrons. The van der Waals surface area contributed by atoms with Gasteiger partial charge in [-0.1, -0.05) is 12.8 Å². The third-order valence-corrected chi connectivity index (χ3v) is 4.70. The Hall–Kier alpha value is -2.35. The predicted octanol–water partition coefficient (Wildman–Crippen LogP) is 1.41. The van der Waals surface area contributed by atoms with Crippen molar-refractivity contribution < 1.29 is 34.0 Å². The number of anilines is 1. The van der Waals surface area contributed by atoms with Gasteiger partial charge in [-0.3, -0.25) is 4.79 Å². The number of terminal acetylenes is 1. The molecular formula is C23H34N2O7.